The van der Waals surface area contributed by atoms with E-state index in [2.05, 4.69) is 55.6 Å². The second kappa shape index (κ2) is 41.9. The number of aliphatic hydroxyl groups is 1. The molecule has 0 saturated carbocycles. The van der Waals surface area contributed by atoms with E-state index >= 15 is 0 Å². The van der Waals surface area contributed by atoms with E-state index < -0.39 is 28.0 Å². The minimum absolute atomic E-state index is 0.282. The SMILES string of the molecule is CCCCCCCC/C=C\CCCCCCCCCCCC(=O)NC(CS(=O)(=O)O)C(O)/C=C/CC/C=C/CC/C=C/CCCCCCCCCCCCC. The molecule has 0 aromatic rings. The van der Waals surface area contributed by atoms with Crippen LogP contribution in [0.3, 0.4) is 0 Å². The number of aliphatic hydroxyl groups excluding tert-OH is 1. The third kappa shape index (κ3) is 43.3. The Morgan fingerprint density at radius 1 is 0.473 bits per heavy atom. The minimum atomic E-state index is -4.36. The summed E-state index contributed by atoms with van der Waals surface area (Å²) in [5.74, 6) is -1.01. The number of hydrogen-bond donors (Lipinski definition) is 3. The Labute approximate surface area is 341 Å². The van der Waals surface area contributed by atoms with E-state index in [0.29, 0.717) is 6.42 Å². The number of carbonyl (C=O) groups excluding carboxylic acids is 1. The van der Waals surface area contributed by atoms with Gasteiger partial charge in [-0.25, -0.2) is 0 Å². The van der Waals surface area contributed by atoms with Crippen molar-refractivity contribution in [2.75, 3.05) is 5.75 Å². The summed E-state index contributed by atoms with van der Waals surface area (Å²) < 4.78 is 32.6. The van der Waals surface area contributed by atoms with E-state index in [1.807, 2.05) is 0 Å². The monoisotopic (exact) mass is 792 g/mol. The predicted molar refractivity (Wildman–Crippen MR) is 239 cm³/mol. The molecule has 0 saturated heterocycles. The third-order valence-corrected chi connectivity index (χ3v) is 11.2. The van der Waals surface area contributed by atoms with Crippen molar-refractivity contribution >= 4 is 16.0 Å². The molecular formula is C48H89NO5S. The smallest absolute Gasteiger partial charge is 0.267 e. The van der Waals surface area contributed by atoms with E-state index in [1.54, 1.807) is 6.08 Å². The molecule has 3 N–H and O–H groups in total. The van der Waals surface area contributed by atoms with Crippen molar-refractivity contribution < 1.29 is 22.9 Å². The molecule has 1 amide bonds. The lowest BCUT2D eigenvalue weighted by Gasteiger charge is -2.21. The zero-order valence-corrected chi connectivity index (χ0v) is 36.9. The van der Waals surface area contributed by atoms with Crippen molar-refractivity contribution in [3.05, 3.63) is 48.6 Å². The topological polar surface area (TPSA) is 104 Å². The van der Waals surface area contributed by atoms with Gasteiger partial charge in [-0.3, -0.25) is 9.35 Å². The van der Waals surface area contributed by atoms with Gasteiger partial charge in [-0.2, -0.15) is 8.42 Å². The number of nitrogens with one attached hydrogen (secondary N) is 1. The quantitative estimate of drug-likeness (QED) is 0.0324. The molecule has 0 bridgehead atoms. The first kappa shape index (κ1) is 53.3. The van der Waals surface area contributed by atoms with Crippen LogP contribution >= 0.6 is 0 Å². The highest BCUT2D eigenvalue weighted by Gasteiger charge is 2.24. The first-order chi connectivity index (χ1) is 26.8. The first-order valence-electron chi connectivity index (χ1n) is 23.3. The van der Waals surface area contributed by atoms with Gasteiger partial charge in [0.2, 0.25) is 5.91 Å². The molecule has 0 rings (SSSR count). The van der Waals surface area contributed by atoms with Crippen molar-refractivity contribution in [2.24, 2.45) is 0 Å². The maximum absolute atomic E-state index is 12.5. The Bertz CT molecular complexity index is 1050. The lowest BCUT2D eigenvalue weighted by molar-refractivity contribution is -0.122. The number of allylic oxidation sites excluding steroid dienone is 7. The van der Waals surface area contributed by atoms with Crippen LogP contribution in [0.5, 0.6) is 0 Å². The summed E-state index contributed by atoms with van der Waals surface area (Å²) in [6.45, 7) is 4.54. The highest BCUT2D eigenvalue weighted by atomic mass is 32.2. The molecule has 0 radical (unpaired) electrons. The van der Waals surface area contributed by atoms with Gasteiger partial charge in [0.1, 0.15) is 0 Å². The van der Waals surface area contributed by atoms with E-state index in [4.69, 9.17) is 0 Å². The van der Waals surface area contributed by atoms with Crippen LogP contribution in [0.15, 0.2) is 48.6 Å². The molecule has 0 spiro atoms. The summed E-state index contributed by atoms with van der Waals surface area (Å²) >= 11 is 0. The van der Waals surface area contributed by atoms with E-state index in [1.165, 1.54) is 173 Å². The molecule has 0 aliphatic carbocycles. The summed E-state index contributed by atoms with van der Waals surface area (Å²) in [6.07, 6.45) is 56.8. The largest absolute Gasteiger partial charge is 0.387 e. The molecule has 2 atom stereocenters. The fraction of sp³-hybridized carbons (Fsp3) is 0.812. The van der Waals surface area contributed by atoms with Crippen molar-refractivity contribution in [2.45, 2.75) is 244 Å². The van der Waals surface area contributed by atoms with Crippen LogP contribution in [0.2, 0.25) is 0 Å². The Morgan fingerprint density at radius 2 is 0.782 bits per heavy atom. The lowest BCUT2D eigenvalue weighted by Crippen LogP contribution is -2.46. The minimum Gasteiger partial charge on any atom is -0.387 e. The van der Waals surface area contributed by atoms with Crippen LogP contribution in [-0.4, -0.2) is 41.9 Å². The summed E-state index contributed by atoms with van der Waals surface area (Å²) in [5.41, 5.74) is 0. The fourth-order valence-corrected chi connectivity index (χ4v) is 7.68. The zero-order valence-electron chi connectivity index (χ0n) is 36.0. The van der Waals surface area contributed by atoms with Gasteiger partial charge in [0.05, 0.1) is 17.9 Å². The zero-order chi connectivity index (χ0) is 40.3. The first-order valence-corrected chi connectivity index (χ1v) is 24.9. The van der Waals surface area contributed by atoms with E-state index in [9.17, 15) is 22.9 Å². The molecule has 2 unspecified atom stereocenters. The van der Waals surface area contributed by atoms with E-state index in [0.717, 1.165) is 38.5 Å². The van der Waals surface area contributed by atoms with Crippen molar-refractivity contribution in [3.8, 4) is 0 Å². The van der Waals surface area contributed by atoms with Crippen LogP contribution in [0, 0.1) is 0 Å². The van der Waals surface area contributed by atoms with E-state index in [-0.39, 0.29) is 12.3 Å². The predicted octanol–water partition coefficient (Wildman–Crippen LogP) is 14.2. The molecule has 0 aromatic heterocycles. The van der Waals surface area contributed by atoms with Crippen molar-refractivity contribution in [1.29, 1.82) is 0 Å². The molecule has 55 heavy (non-hydrogen) atoms. The fourth-order valence-electron chi connectivity index (χ4n) is 6.95. The summed E-state index contributed by atoms with van der Waals surface area (Å²) in [7, 11) is -4.36. The molecule has 0 aliphatic heterocycles. The molecule has 6 nitrogen and oxygen atoms in total. The van der Waals surface area contributed by atoms with Gasteiger partial charge in [-0.15, -0.1) is 0 Å². The molecule has 0 aliphatic rings. The van der Waals surface area contributed by atoms with Crippen molar-refractivity contribution in [1.82, 2.24) is 5.32 Å². The number of amides is 1. The van der Waals surface area contributed by atoms with Gasteiger partial charge >= 0.3 is 0 Å². The molecule has 0 heterocycles. The average Bonchev–Trinajstić information content (AvgIpc) is 3.15. The Kier molecular flexibility index (Phi) is 40.6. The lowest BCUT2D eigenvalue weighted by atomic mass is 10.0. The number of carbonyl (C=O) groups is 1. The maximum Gasteiger partial charge on any atom is 0.267 e. The van der Waals surface area contributed by atoms with Gasteiger partial charge in [-0.05, 0) is 70.6 Å². The number of rotatable bonds is 42. The van der Waals surface area contributed by atoms with Gasteiger partial charge < -0.3 is 10.4 Å². The van der Waals surface area contributed by atoms with Crippen LogP contribution < -0.4 is 5.32 Å². The number of unbranched alkanes of at least 4 members (excludes halogenated alkanes) is 28. The highest BCUT2D eigenvalue weighted by Crippen LogP contribution is 2.14. The second-order valence-corrected chi connectivity index (χ2v) is 17.5. The highest BCUT2D eigenvalue weighted by molar-refractivity contribution is 7.85. The number of hydrogen-bond acceptors (Lipinski definition) is 4. The van der Waals surface area contributed by atoms with Crippen LogP contribution in [-0.2, 0) is 14.9 Å². The van der Waals surface area contributed by atoms with Gasteiger partial charge in [0.25, 0.3) is 10.1 Å². The van der Waals surface area contributed by atoms with Gasteiger partial charge in [0, 0.05) is 6.42 Å². The standard InChI is InChI=1S/C48H89NO5S/c1-3-5-7-9-11-13-15-17-19-21-23-24-26-27-29-31-33-35-37-39-41-43-47(50)46(45-55(52,53)54)49-48(51)44-42-40-38-36-34-32-30-28-25-22-20-18-16-14-12-10-8-6-4-2/h18,20,26-27,33,35,41,43,46-47,50H,3-17,19,21-25,28-32,34,36-40,42,44-45H2,1-2H3,(H,49,51)(H,52,53,54)/b20-18-,27-26+,35-33+,43-41+. The molecule has 0 fully saturated rings. The third-order valence-electron chi connectivity index (χ3n) is 10.5. The Morgan fingerprint density at radius 3 is 1.15 bits per heavy atom. The summed E-state index contributed by atoms with van der Waals surface area (Å²) in [6, 6.07) is -1.08. The van der Waals surface area contributed by atoms with Gasteiger partial charge in [-0.1, -0.05) is 204 Å². The maximum atomic E-state index is 12.5. The Hall–Kier alpha value is -1.70. The normalized spacial score (nSPS) is 13.6. The molecular weight excluding hydrogens is 703 g/mol. The molecule has 322 valence electrons. The van der Waals surface area contributed by atoms with Crippen molar-refractivity contribution in [3.63, 3.8) is 0 Å². The summed E-state index contributed by atoms with van der Waals surface area (Å²) in [5, 5.41) is 13.2. The van der Waals surface area contributed by atoms with Crippen LogP contribution in [0.4, 0.5) is 0 Å². The molecule has 7 heteroatoms. The summed E-state index contributed by atoms with van der Waals surface area (Å²) in [4.78, 5) is 12.5. The van der Waals surface area contributed by atoms with Crippen LogP contribution in [0.25, 0.3) is 0 Å². The van der Waals surface area contributed by atoms with Gasteiger partial charge in [0.15, 0.2) is 0 Å². The van der Waals surface area contributed by atoms with Crippen LogP contribution in [0.1, 0.15) is 232 Å². The average molecular weight is 792 g/mol. The Balaban J connectivity index is 3.93. The molecule has 0 aromatic carbocycles. The second-order valence-electron chi connectivity index (χ2n) is 16.0.